The fourth-order valence-corrected chi connectivity index (χ4v) is 5.16. The molecule has 0 N–H and O–H groups in total. The number of nitrogens with zero attached hydrogens (tertiary/aromatic N) is 2. The predicted molar refractivity (Wildman–Crippen MR) is 166 cm³/mol. The van der Waals surface area contributed by atoms with E-state index in [9.17, 15) is 8.78 Å². The van der Waals surface area contributed by atoms with Gasteiger partial charge < -0.3 is 19.3 Å². The zero-order valence-corrected chi connectivity index (χ0v) is 23.2. The van der Waals surface area contributed by atoms with Crippen LogP contribution in [0.1, 0.15) is 0 Å². The predicted octanol–water partition coefficient (Wildman–Crippen LogP) is 10.1. The Balaban J connectivity index is 1.57. The van der Waals surface area contributed by atoms with Crippen LogP contribution in [0.3, 0.4) is 0 Å². The van der Waals surface area contributed by atoms with E-state index < -0.39 is 0 Å². The Morgan fingerprint density at radius 3 is 1.02 bits per heavy atom. The quantitative estimate of drug-likeness (QED) is 0.186. The van der Waals surface area contributed by atoms with E-state index >= 15 is 0 Å². The van der Waals surface area contributed by atoms with Crippen LogP contribution in [0, 0.1) is 11.6 Å². The molecule has 0 aliphatic rings. The van der Waals surface area contributed by atoms with Crippen LogP contribution in [0.2, 0.25) is 0 Å². The van der Waals surface area contributed by atoms with Crippen molar-refractivity contribution in [1.82, 2.24) is 0 Å². The van der Waals surface area contributed by atoms with E-state index in [1.165, 1.54) is 24.3 Å². The van der Waals surface area contributed by atoms with Gasteiger partial charge in [-0.25, -0.2) is 8.78 Å². The number of ether oxygens (including phenoxy) is 2. The van der Waals surface area contributed by atoms with Crippen LogP contribution in [0.5, 0.6) is 11.5 Å². The first-order valence-corrected chi connectivity index (χ1v) is 13.5. The SMILES string of the molecule is COc1ccc(N(c2ccc(F)cc2)c2cccc3c(N(c4ccc(F)cc4)c4ccc(OC)cc4)cccc23)cc1. The molecule has 0 bridgehead atoms. The zero-order chi connectivity index (χ0) is 29.1. The second-order valence-electron chi connectivity index (χ2n) is 9.67. The van der Waals surface area contributed by atoms with Gasteiger partial charge in [0.05, 0.1) is 25.6 Å². The third-order valence-corrected chi connectivity index (χ3v) is 7.19. The molecule has 0 aromatic heterocycles. The maximum absolute atomic E-state index is 14.0. The van der Waals surface area contributed by atoms with Crippen molar-refractivity contribution in [2.24, 2.45) is 0 Å². The summed E-state index contributed by atoms with van der Waals surface area (Å²) in [4.78, 5) is 4.20. The van der Waals surface area contributed by atoms with Gasteiger partial charge in [-0.05, 0) is 109 Å². The number of hydrogen-bond acceptors (Lipinski definition) is 4. The Bertz CT molecular complexity index is 1670. The largest absolute Gasteiger partial charge is 0.497 e. The van der Waals surface area contributed by atoms with Crippen molar-refractivity contribution in [3.8, 4) is 11.5 Å². The van der Waals surface area contributed by atoms with Crippen molar-refractivity contribution in [1.29, 1.82) is 0 Å². The molecule has 4 nitrogen and oxygen atoms in total. The summed E-state index contributed by atoms with van der Waals surface area (Å²) in [5.74, 6) is 0.881. The first-order chi connectivity index (χ1) is 20.6. The number of anilines is 6. The summed E-state index contributed by atoms with van der Waals surface area (Å²) < 4.78 is 38.7. The highest BCUT2D eigenvalue weighted by Crippen LogP contribution is 2.44. The summed E-state index contributed by atoms with van der Waals surface area (Å²) in [5.41, 5.74) is 5.24. The van der Waals surface area contributed by atoms with E-state index in [0.29, 0.717) is 0 Å². The van der Waals surface area contributed by atoms with Gasteiger partial charge in [0.1, 0.15) is 23.1 Å². The first kappa shape index (κ1) is 26.8. The molecule has 6 aromatic carbocycles. The Morgan fingerprint density at radius 2 is 0.714 bits per heavy atom. The Kier molecular flexibility index (Phi) is 7.43. The van der Waals surface area contributed by atoms with Crippen LogP contribution in [-0.2, 0) is 0 Å². The molecule has 6 heteroatoms. The van der Waals surface area contributed by atoms with Crippen LogP contribution in [0.25, 0.3) is 10.8 Å². The smallest absolute Gasteiger partial charge is 0.123 e. The molecule has 42 heavy (non-hydrogen) atoms. The van der Waals surface area contributed by atoms with Gasteiger partial charge in [0, 0.05) is 33.5 Å². The molecule has 0 aliphatic carbocycles. The van der Waals surface area contributed by atoms with Gasteiger partial charge >= 0.3 is 0 Å². The second-order valence-corrected chi connectivity index (χ2v) is 9.67. The molecule has 0 fully saturated rings. The summed E-state index contributed by atoms with van der Waals surface area (Å²) in [7, 11) is 3.27. The van der Waals surface area contributed by atoms with Crippen LogP contribution in [-0.4, -0.2) is 14.2 Å². The Hall–Kier alpha value is -5.36. The lowest BCUT2D eigenvalue weighted by Gasteiger charge is -2.30. The monoisotopic (exact) mass is 558 g/mol. The molecule has 0 spiro atoms. The van der Waals surface area contributed by atoms with Crippen LogP contribution < -0.4 is 19.3 Å². The molecule has 0 radical (unpaired) electrons. The van der Waals surface area contributed by atoms with Crippen LogP contribution in [0.4, 0.5) is 42.9 Å². The van der Waals surface area contributed by atoms with Crippen LogP contribution in [0.15, 0.2) is 133 Å². The summed E-state index contributed by atoms with van der Waals surface area (Å²) in [5, 5.41) is 1.96. The molecule has 208 valence electrons. The van der Waals surface area contributed by atoms with E-state index in [4.69, 9.17) is 9.47 Å². The molecule has 6 rings (SSSR count). The second kappa shape index (κ2) is 11.6. The standard InChI is InChI=1S/C36H28F2N2O2/c1-41-31-21-17-29(18-22-31)39(27-13-9-25(37)10-14-27)35-7-3-6-34-33(35)5-4-8-36(34)40(28-15-11-26(38)12-16-28)30-19-23-32(42-2)24-20-30/h3-24H,1-2H3. The van der Waals surface area contributed by atoms with Crippen molar-refractivity contribution in [3.63, 3.8) is 0 Å². The number of halogens is 2. The number of hydrogen-bond donors (Lipinski definition) is 0. The minimum atomic E-state index is -0.303. The molecule has 6 aromatic rings. The minimum Gasteiger partial charge on any atom is -0.497 e. The Labute approximate surface area is 243 Å². The van der Waals surface area contributed by atoms with Crippen molar-refractivity contribution in [2.45, 2.75) is 0 Å². The van der Waals surface area contributed by atoms with Gasteiger partial charge in [-0.15, -0.1) is 0 Å². The van der Waals surface area contributed by atoms with E-state index in [2.05, 4.69) is 34.1 Å². The molecule has 0 saturated carbocycles. The highest BCUT2D eigenvalue weighted by molar-refractivity contribution is 6.06. The normalized spacial score (nSPS) is 10.9. The lowest BCUT2D eigenvalue weighted by Crippen LogP contribution is -2.12. The number of rotatable bonds is 8. The van der Waals surface area contributed by atoms with Crippen LogP contribution >= 0.6 is 0 Å². The highest BCUT2D eigenvalue weighted by atomic mass is 19.1. The maximum Gasteiger partial charge on any atom is 0.123 e. The average Bonchev–Trinajstić information content (AvgIpc) is 3.04. The van der Waals surface area contributed by atoms with Crippen molar-refractivity contribution < 1.29 is 18.3 Å². The van der Waals surface area contributed by atoms with Gasteiger partial charge in [0.15, 0.2) is 0 Å². The molecule has 0 atom stereocenters. The fraction of sp³-hybridized carbons (Fsp3) is 0.0556. The summed E-state index contributed by atoms with van der Waals surface area (Å²) in [6, 6.07) is 40.7. The fourth-order valence-electron chi connectivity index (χ4n) is 5.16. The van der Waals surface area contributed by atoms with E-state index in [1.807, 2.05) is 60.7 Å². The lowest BCUT2D eigenvalue weighted by atomic mass is 10.0. The maximum atomic E-state index is 14.0. The molecule has 0 saturated heterocycles. The molecule has 0 heterocycles. The van der Waals surface area contributed by atoms with Gasteiger partial charge in [0.2, 0.25) is 0 Å². The van der Waals surface area contributed by atoms with Crippen molar-refractivity contribution in [2.75, 3.05) is 24.0 Å². The first-order valence-electron chi connectivity index (χ1n) is 13.5. The third kappa shape index (κ3) is 5.22. The number of fused-ring (bicyclic) bond motifs is 1. The molecule has 0 amide bonds. The molecule has 0 aliphatic heterocycles. The topological polar surface area (TPSA) is 24.9 Å². The number of benzene rings is 6. The average molecular weight is 559 g/mol. The summed E-state index contributed by atoms with van der Waals surface area (Å²) in [6.07, 6.45) is 0. The number of methoxy groups -OCH3 is 2. The van der Waals surface area contributed by atoms with E-state index in [1.54, 1.807) is 38.5 Å². The third-order valence-electron chi connectivity index (χ3n) is 7.19. The van der Waals surface area contributed by atoms with Gasteiger partial charge in [-0.2, -0.15) is 0 Å². The Morgan fingerprint density at radius 1 is 0.405 bits per heavy atom. The molecular formula is C36H28F2N2O2. The minimum absolute atomic E-state index is 0.303. The van der Waals surface area contributed by atoms with E-state index in [-0.39, 0.29) is 11.6 Å². The van der Waals surface area contributed by atoms with E-state index in [0.717, 1.165) is 56.4 Å². The summed E-state index contributed by atoms with van der Waals surface area (Å²) >= 11 is 0. The van der Waals surface area contributed by atoms with Gasteiger partial charge in [0.25, 0.3) is 0 Å². The van der Waals surface area contributed by atoms with Gasteiger partial charge in [-0.1, -0.05) is 24.3 Å². The molecule has 0 unspecified atom stereocenters. The summed E-state index contributed by atoms with van der Waals surface area (Å²) in [6.45, 7) is 0. The van der Waals surface area contributed by atoms with Crippen molar-refractivity contribution in [3.05, 3.63) is 145 Å². The zero-order valence-electron chi connectivity index (χ0n) is 23.2. The van der Waals surface area contributed by atoms with Gasteiger partial charge in [-0.3, -0.25) is 0 Å². The van der Waals surface area contributed by atoms with Crippen molar-refractivity contribution >= 4 is 44.9 Å². The molecular weight excluding hydrogens is 530 g/mol. The lowest BCUT2D eigenvalue weighted by molar-refractivity contribution is 0.414. The highest BCUT2D eigenvalue weighted by Gasteiger charge is 2.20.